The Hall–Kier alpha value is -1.23. The molecule has 3 nitrogen and oxygen atoms in total. The molecule has 0 saturated heterocycles. The number of aliphatic imine (C=N–C) groups is 1. The Morgan fingerprint density at radius 3 is 2.29 bits per heavy atom. The SMILES string of the molecule is CN(C)c1ccc(C=Nc2c(Cl)cc(N)cc2Cl)cc1Br. The van der Waals surface area contributed by atoms with E-state index in [9.17, 15) is 0 Å². The van der Waals surface area contributed by atoms with Crippen LogP contribution in [0.1, 0.15) is 5.56 Å². The molecule has 6 heteroatoms. The fraction of sp³-hybridized carbons (Fsp3) is 0.133. The number of benzene rings is 2. The zero-order chi connectivity index (χ0) is 15.6. The van der Waals surface area contributed by atoms with E-state index in [0.717, 1.165) is 15.7 Å². The summed E-state index contributed by atoms with van der Waals surface area (Å²) in [6.45, 7) is 0. The molecule has 0 heterocycles. The molecule has 0 aliphatic carbocycles. The molecule has 2 aromatic rings. The van der Waals surface area contributed by atoms with Crippen LogP contribution in [0.25, 0.3) is 0 Å². The maximum absolute atomic E-state index is 6.10. The number of nitrogen functional groups attached to an aromatic ring is 1. The lowest BCUT2D eigenvalue weighted by atomic mass is 10.2. The third-order valence-corrected chi connectivity index (χ3v) is 4.05. The molecule has 0 spiro atoms. The molecule has 0 saturated carbocycles. The normalized spacial score (nSPS) is 11.1. The fourth-order valence-electron chi connectivity index (χ4n) is 1.81. The van der Waals surface area contributed by atoms with Crippen LogP contribution in [0.15, 0.2) is 39.8 Å². The summed E-state index contributed by atoms with van der Waals surface area (Å²) >= 11 is 15.8. The monoisotopic (exact) mass is 385 g/mol. The van der Waals surface area contributed by atoms with E-state index in [1.165, 1.54) is 0 Å². The van der Waals surface area contributed by atoms with E-state index >= 15 is 0 Å². The van der Waals surface area contributed by atoms with Crippen molar-refractivity contribution in [3.05, 3.63) is 50.4 Å². The van der Waals surface area contributed by atoms with Gasteiger partial charge in [-0.25, -0.2) is 0 Å². The highest BCUT2D eigenvalue weighted by Crippen LogP contribution is 2.35. The average molecular weight is 387 g/mol. The van der Waals surface area contributed by atoms with Gasteiger partial charge in [-0.15, -0.1) is 0 Å². The van der Waals surface area contributed by atoms with Crippen LogP contribution >= 0.6 is 39.1 Å². The van der Waals surface area contributed by atoms with Gasteiger partial charge in [-0.05, 0) is 45.8 Å². The van der Waals surface area contributed by atoms with Crippen LogP contribution < -0.4 is 10.6 Å². The topological polar surface area (TPSA) is 41.6 Å². The number of anilines is 2. The Labute approximate surface area is 142 Å². The summed E-state index contributed by atoms with van der Waals surface area (Å²) < 4.78 is 0.992. The van der Waals surface area contributed by atoms with E-state index in [-0.39, 0.29) is 0 Å². The molecule has 21 heavy (non-hydrogen) atoms. The molecule has 0 atom stereocenters. The molecule has 0 unspecified atom stereocenters. The lowest BCUT2D eigenvalue weighted by Gasteiger charge is -2.14. The minimum atomic E-state index is 0.431. The molecular formula is C15H14BrCl2N3. The Kier molecular flexibility index (Phi) is 5.14. The largest absolute Gasteiger partial charge is 0.399 e. The quantitative estimate of drug-likeness (QED) is 0.585. The number of rotatable bonds is 3. The molecule has 110 valence electrons. The number of hydrogen-bond donors (Lipinski definition) is 1. The van der Waals surface area contributed by atoms with Crippen LogP contribution in [0.4, 0.5) is 17.1 Å². The molecule has 0 fully saturated rings. The van der Waals surface area contributed by atoms with E-state index in [2.05, 4.69) is 20.9 Å². The summed E-state index contributed by atoms with van der Waals surface area (Å²) in [5, 5.41) is 0.862. The van der Waals surface area contributed by atoms with Gasteiger partial charge in [0.25, 0.3) is 0 Å². The van der Waals surface area contributed by atoms with Gasteiger partial charge in [-0.2, -0.15) is 0 Å². The maximum Gasteiger partial charge on any atom is 0.100 e. The highest BCUT2D eigenvalue weighted by molar-refractivity contribution is 9.10. The van der Waals surface area contributed by atoms with Gasteiger partial charge < -0.3 is 10.6 Å². The van der Waals surface area contributed by atoms with E-state index in [0.29, 0.717) is 21.4 Å². The van der Waals surface area contributed by atoms with E-state index in [1.807, 2.05) is 37.2 Å². The molecule has 0 amide bonds. The average Bonchev–Trinajstić information content (AvgIpc) is 2.36. The molecule has 0 aliphatic heterocycles. The van der Waals surface area contributed by atoms with Crippen LogP contribution in [0.2, 0.25) is 10.0 Å². The number of hydrogen-bond acceptors (Lipinski definition) is 3. The predicted molar refractivity (Wildman–Crippen MR) is 96.6 cm³/mol. The van der Waals surface area contributed by atoms with Gasteiger partial charge in [-0.3, -0.25) is 4.99 Å². The molecule has 0 radical (unpaired) electrons. The van der Waals surface area contributed by atoms with Crippen molar-refractivity contribution in [3.8, 4) is 0 Å². The van der Waals surface area contributed by atoms with Gasteiger partial charge in [0.05, 0.1) is 15.7 Å². The zero-order valence-corrected chi connectivity index (χ0v) is 14.7. The Balaban J connectivity index is 2.32. The smallest absolute Gasteiger partial charge is 0.100 e. The first-order valence-corrected chi connectivity index (χ1v) is 7.69. The molecule has 2 N–H and O–H groups in total. The van der Waals surface area contributed by atoms with Crippen LogP contribution in [-0.4, -0.2) is 20.3 Å². The third kappa shape index (κ3) is 3.90. The first-order valence-electron chi connectivity index (χ1n) is 6.14. The van der Waals surface area contributed by atoms with Gasteiger partial charge >= 0.3 is 0 Å². The first kappa shape index (κ1) is 16.1. The predicted octanol–water partition coefficient (Wildman–Crippen LogP) is 5.15. The maximum atomic E-state index is 6.10. The Morgan fingerprint density at radius 2 is 1.76 bits per heavy atom. The molecule has 0 aromatic heterocycles. The van der Waals surface area contributed by atoms with E-state index in [1.54, 1.807) is 18.3 Å². The number of halogens is 3. The van der Waals surface area contributed by atoms with Crippen LogP contribution in [0.5, 0.6) is 0 Å². The van der Waals surface area contributed by atoms with Gasteiger partial charge in [0, 0.05) is 30.5 Å². The molecule has 2 aromatic carbocycles. The zero-order valence-electron chi connectivity index (χ0n) is 11.6. The van der Waals surface area contributed by atoms with Crippen molar-refractivity contribution in [2.75, 3.05) is 24.7 Å². The van der Waals surface area contributed by atoms with Crippen molar-refractivity contribution < 1.29 is 0 Å². The van der Waals surface area contributed by atoms with Crippen molar-refractivity contribution >= 4 is 62.4 Å². The van der Waals surface area contributed by atoms with Crippen LogP contribution in [0.3, 0.4) is 0 Å². The van der Waals surface area contributed by atoms with Crippen molar-refractivity contribution in [1.29, 1.82) is 0 Å². The fourth-order valence-corrected chi connectivity index (χ4v) is 3.17. The molecule has 0 aliphatic rings. The Morgan fingerprint density at radius 1 is 1.14 bits per heavy atom. The summed E-state index contributed by atoms with van der Waals surface area (Å²) in [4.78, 5) is 6.38. The second-order valence-electron chi connectivity index (χ2n) is 4.70. The minimum Gasteiger partial charge on any atom is -0.399 e. The van der Waals surface area contributed by atoms with Gasteiger partial charge in [0.15, 0.2) is 0 Å². The molecule has 2 rings (SSSR count). The second-order valence-corrected chi connectivity index (χ2v) is 6.37. The summed E-state index contributed by atoms with van der Waals surface area (Å²) in [5.41, 5.74) is 8.73. The third-order valence-electron chi connectivity index (χ3n) is 2.84. The number of nitrogens with zero attached hydrogens (tertiary/aromatic N) is 2. The number of nitrogens with two attached hydrogens (primary N) is 1. The van der Waals surface area contributed by atoms with Crippen LogP contribution in [0, 0.1) is 0 Å². The second kappa shape index (κ2) is 6.69. The first-order chi connectivity index (χ1) is 9.88. The Bertz CT molecular complexity index is 676. The lowest BCUT2D eigenvalue weighted by Crippen LogP contribution is -2.09. The van der Waals surface area contributed by atoms with Gasteiger partial charge in [0.2, 0.25) is 0 Å². The standard InChI is InChI=1S/C15H14BrCl2N3/c1-21(2)14-4-3-9(5-11(14)16)8-20-15-12(17)6-10(19)7-13(15)18/h3-8H,19H2,1-2H3. The summed E-state index contributed by atoms with van der Waals surface area (Å²) in [7, 11) is 3.98. The lowest BCUT2D eigenvalue weighted by molar-refractivity contribution is 1.12. The summed E-state index contributed by atoms with van der Waals surface area (Å²) in [6.07, 6.45) is 1.72. The summed E-state index contributed by atoms with van der Waals surface area (Å²) in [6, 6.07) is 9.23. The van der Waals surface area contributed by atoms with Crippen molar-refractivity contribution in [1.82, 2.24) is 0 Å². The highest BCUT2D eigenvalue weighted by atomic mass is 79.9. The highest BCUT2D eigenvalue weighted by Gasteiger charge is 2.06. The van der Waals surface area contributed by atoms with E-state index in [4.69, 9.17) is 28.9 Å². The van der Waals surface area contributed by atoms with Crippen LogP contribution in [-0.2, 0) is 0 Å². The minimum absolute atomic E-state index is 0.431. The van der Waals surface area contributed by atoms with Crippen molar-refractivity contribution in [3.63, 3.8) is 0 Å². The van der Waals surface area contributed by atoms with Gasteiger partial charge in [-0.1, -0.05) is 29.3 Å². The molecular weight excluding hydrogens is 373 g/mol. The van der Waals surface area contributed by atoms with Crippen molar-refractivity contribution in [2.24, 2.45) is 4.99 Å². The van der Waals surface area contributed by atoms with Gasteiger partial charge in [0.1, 0.15) is 5.69 Å². The summed E-state index contributed by atoms with van der Waals surface area (Å²) in [5.74, 6) is 0. The van der Waals surface area contributed by atoms with E-state index < -0.39 is 0 Å². The molecule has 0 bridgehead atoms. The van der Waals surface area contributed by atoms with Crippen molar-refractivity contribution in [2.45, 2.75) is 0 Å².